The molecule has 0 fully saturated rings. The molecule has 0 saturated carbocycles. The Labute approximate surface area is 152 Å². The van der Waals surface area contributed by atoms with E-state index in [4.69, 9.17) is 4.52 Å². The van der Waals surface area contributed by atoms with Crippen LogP contribution in [0.25, 0.3) is 0 Å². The number of rotatable bonds is 8. The van der Waals surface area contributed by atoms with Crippen molar-refractivity contribution in [2.24, 2.45) is 0 Å². The molecular weight excluding hydrogens is 388 g/mol. The second kappa shape index (κ2) is 8.68. The summed E-state index contributed by atoms with van der Waals surface area (Å²) in [6.45, 7) is 0.676. The summed E-state index contributed by atoms with van der Waals surface area (Å²) in [7, 11) is -4.13. The molecule has 146 valence electrons. The predicted molar refractivity (Wildman–Crippen MR) is 87.0 cm³/mol. The number of hydrogen-bond acceptors (Lipinski definition) is 7. The maximum absolute atomic E-state index is 13.1. The number of benzene rings is 1. The smallest absolute Gasteiger partial charge is 0.307 e. The summed E-state index contributed by atoms with van der Waals surface area (Å²) in [5.41, 5.74) is 0. The van der Waals surface area contributed by atoms with Gasteiger partial charge in [-0.1, -0.05) is 5.16 Å². The largest absolute Gasteiger partial charge is 0.456 e. The molecule has 9 nitrogen and oxygen atoms in total. The van der Waals surface area contributed by atoms with Crippen LogP contribution in [0.15, 0.2) is 33.7 Å². The molecule has 0 aliphatic heterocycles. The Kier molecular flexibility index (Phi) is 6.58. The van der Waals surface area contributed by atoms with E-state index in [9.17, 15) is 26.8 Å². The van der Waals surface area contributed by atoms with Gasteiger partial charge in [0.15, 0.2) is 24.1 Å². The summed E-state index contributed by atoms with van der Waals surface area (Å²) >= 11 is 0. The molecule has 2 aromatic rings. The van der Waals surface area contributed by atoms with E-state index in [0.717, 1.165) is 6.07 Å². The monoisotopic (exact) mass is 403 g/mol. The molecule has 0 bridgehead atoms. The van der Waals surface area contributed by atoms with Crippen molar-refractivity contribution in [1.29, 1.82) is 0 Å². The highest BCUT2D eigenvalue weighted by molar-refractivity contribution is 7.89. The Morgan fingerprint density at radius 2 is 1.96 bits per heavy atom. The van der Waals surface area contributed by atoms with Gasteiger partial charge in [0.2, 0.25) is 10.0 Å². The van der Waals surface area contributed by atoms with Crippen LogP contribution < -0.4 is 10.0 Å². The van der Waals surface area contributed by atoms with Gasteiger partial charge in [0.05, 0.1) is 11.3 Å². The van der Waals surface area contributed by atoms with Crippen molar-refractivity contribution in [3.05, 3.63) is 41.7 Å². The van der Waals surface area contributed by atoms with E-state index in [-0.39, 0.29) is 18.8 Å². The maximum Gasteiger partial charge on any atom is 0.307 e. The second-order valence-corrected chi connectivity index (χ2v) is 7.02. The van der Waals surface area contributed by atoms with Gasteiger partial charge in [-0.3, -0.25) is 9.59 Å². The first-order valence-corrected chi connectivity index (χ1v) is 8.99. The van der Waals surface area contributed by atoms with Crippen LogP contribution in [-0.4, -0.2) is 38.6 Å². The van der Waals surface area contributed by atoms with Gasteiger partial charge in [-0.2, -0.15) is 0 Å². The third-order valence-electron chi connectivity index (χ3n) is 3.08. The molecule has 27 heavy (non-hydrogen) atoms. The molecule has 1 heterocycles. The zero-order chi connectivity index (χ0) is 20.0. The third-order valence-corrected chi connectivity index (χ3v) is 4.54. The summed E-state index contributed by atoms with van der Waals surface area (Å²) in [6, 6.07) is 3.54. The van der Waals surface area contributed by atoms with Gasteiger partial charge in [-0.05, 0) is 25.1 Å². The molecule has 0 spiro atoms. The molecule has 1 amide bonds. The maximum atomic E-state index is 13.1. The first-order valence-electron chi connectivity index (χ1n) is 7.51. The normalized spacial score (nSPS) is 11.2. The van der Waals surface area contributed by atoms with Crippen LogP contribution in [0.4, 0.5) is 14.6 Å². The Balaban J connectivity index is 1.74. The molecule has 0 aliphatic rings. The third kappa shape index (κ3) is 6.11. The van der Waals surface area contributed by atoms with E-state index in [1.165, 1.54) is 6.07 Å². The molecule has 1 aromatic heterocycles. The molecule has 0 aliphatic carbocycles. The SMILES string of the molecule is Cc1cc(NC(=O)COC(=O)CCNS(=O)(=O)c2ccc(F)c(F)c2)no1. The van der Waals surface area contributed by atoms with Crippen molar-refractivity contribution in [2.45, 2.75) is 18.2 Å². The second-order valence-electron chi connectivity index (χ2n) is 5.26. The molecule has 12 heteroatoms. The summed E-state index contributed by atoms with van der Waals surface area (Å²) in [5, 5.41) is 5.86. The molecule has 0 atom stereocenters. The van der Waals surface area contributed by atoms with E-state index in [1.54, 1.807) is 6.92 Å². The quantitative estimate of drug-likeness (QED) is 0.632. The minimum atomic E-state index is -4.13. The zero-order valence-corrected chi connectivity index (χ0v) is 14.8. The van der Waals surface area contributed by atoms with Crippen molar-refractivity contribution in [3.63, 3.8) is 0 Å². The van der Waals surface area contributed by atoms with Gasteiger partial charge in [0.25, 0.3) is 5.91 Å². The number of esters is 1. The highest BCUT2D eigenvalue weighted by Gasteiger charge is 2.17. The number of aryl methyl sites for hydroxylation is 1. The Morgan fingerprint density at radius 1 is 1.22 bits per heavy atom. The van der Waals surface area contributed by atoms with Crippen molar-refractivity contribution >= 4 is 27.7 Å². The Hall–Kier alpha value is -2.86. The number of aromatic nitrogens is 1. The lowest BCUT2D eigenvalue weighted by Gasteiger charge is -2.07. The van der Waals surface area contributed by atoms with E-state index in [0.29, 0.717) is 17.9 Å². The Bertz CT molecular complexity index is 945. The lowest BCUT2D eigenvalue weighted by molar-refractivity contribution is -0.147. The molecule has 1 aromatic carbocycles. The average molecular weight is 403 g/mol. The number of ether oxygens (including phenoxy) is 1. The highest BCUT2D eigenvalue weighted by Crippen LogP contribution is 2.13. The fourth-order valence-electron chi connectivity index (χ4n) is 1.84. The number of nitrogens with one attached hydrogen (secondary N) is 2. The van der Waals surface area contributed by atoms with E-state index < -0.39 is 45.0 Å². The van der Waals surface area contributed by atoms with Gasteiger partial charge in [-0.25, -0.2) is 21.9 Å². The van der Waals surface area contributed by atoms with Crippen LogP contribution in [0, 0.1) is 18.6 Å². The minimum absolute atomic E-state index is 0.160. The van der Waals surface area contributed by atoms with Crippen LogP contribution in [0.2, 0.25) is 0 Å². The van der Waals surface area contributed by atoms with Crippen molar-refractivity contribution in [2.75, 3.05) is 18.5 Å². The highest BCUT2D eigenvalue weighted by atomic mass is 32.2. The zero-order valence-electron chi connectivity index (χ0n) is 14.0. The molecular formula is C15H15F2N3O6S. The minimum Gasteiger partial charge on any atom is -0.456 e. The molecule has 0 saturated heterocycles. The van der Waals surface area contributed by atoms with Crippen LogP contribution in [0.1, 0.15) is 12.2 Å². The van der Waals surface area contributed by atoms with Crippen LogP contribution in [0.5, 0.6) is 0 Å². The molecule has 0 unspecified atom stereocenters. The lowest BCUT2D eigenvalue weighted by Crippen LogP contribution is -2.28. The Morgan fingerprint density at radius 3 is 2.59 bits per heavy atom. The first-order chi connectivity index (χ1) is 12.7. The molecule has 0 radical (unpaired) electrons. The summed E-state index contributed by atoms with van der Waals surface area (Å²) in [4.78, 5) is 22.6. The number of anilines is 1. The average Bonchev–Trinajstić information content (AvgIpc) is 3.00. The summed E-state index contributed by atoms with van der Waals surface area (Å²) < 4.78 is 61.2. The van der Waals surface area contributed by atoms with E-state index in [1.807, 2.05) is 4.72 Å². The van der Waals surface area contributed by atoms with Crippen LogP contribution in [0.3, 0.4) is 0 Å². The standard InChI is InChI=1S/C15H15F2N3O6S/c1-9-6-13(20-26-9)19-14(21)8-25-15(22)4-5-18-27(23,24)10-2-3-11(16)12(17)7-10/h2-3,6-7,18H,4-5,8H2,1H3,(H,19,20,21). The first kappa shape index (κ1) is 20.5. The topological polar surface area (TPSA) is 128 Å². The van der Waals surface area contributed by atoms with Crippen molar-refractivity contribution < 1.29 is 36.0 Å². The number of amides is 1. The van der Waals surface area contributed by atoms with E-state index >= 15 is 0 Å². The number of sulfonamides is 1. The number of hydrogen-bond donors (Lipinski definition) is 2. The van der Waals surface area contributed by atoms with Gasteiger partial charge < -0.3 is 14.6 Å². The van der Waals surface area contributed by atoms with Gasteiger partial charge in [0, 0.05) is 12.6 Å². The predicted octanol–water partition coefficient (Wildman–Crippen LogP) is 1.11. The number of carbonyl (C=O) groups is 2. The van der Waals surface area contributed by atoms with Crippen molar-refractivity contribution in [3.8, 4) is 0 Å². The van der Waals surface area contributed by atoms with Gasteiger partial charge >= 0.3 is 5.97 Å². The lowest BCUT2D eigenvalue weighted by atomic mass is 10.3. The fraction of sp³-hybridized carbons (Fsp3) is 0.267. The van der Waals surface area contributed by atoms with Gasteiger partial charge in [0.1, 0.15) is 5.76 Å². The number of halogens is 2. The van der Waals surface area contributed by atoms with Gasteiger partial charge in [-0.15, -0.1) is 0 Å². The molecule has 2 rings (SSSR count). The van der Waals surface area contributed by atoms with Crippen LogP contribution in [-0.2, 0) is 24.3 Å². The van der Waals surface area contributed by atoms with E-state index in [2.05, 4.69) is 15.2 Å². The van der Waals surface area contributed by atoms with Crippen LogP contribution >= 0.6 is 0 Å². The fourth-order valence-corrected chi connectivity index (χ4v) is 2.88. The van der Waals surface area contributed by atoms with Crippen molar-refractivity contribution in [1.82, 2.24) is 9.88 Å². The number of carbonyl (C=O) groups excluding carboxylic acids is 2. The summed E-state index contributed by atoms with van der Waals surface area (Å²) in [5.74, 6) is -3.35. The molecule has 2 N–H and O–H groups in total. The summed E-state index contributed by atoms with van der Waals surface area (Å²) in [6.07, 6.45) is -0.376. The number of nitrogens with zero attached hydrogens (tertiary/aromatic N) is 1.